The van der Waals surface area contributed by atoms with Gasteiger partial charge in [-0.15, -0.1) is 10.2 Å². The summed E-state index contributed by atoms with van der Waals surface area (Å²) in [5.41, 5.74) is 0.968. The van der Waals surface area contributed by atoms with Crippen LogP contribution in [0.2, 0.25) is 0 Å². The lowest BCUT2D eigenvalue weighted by Gasteiger charge is -2.30. The van der Waals surface area contributed by atoms with Crippen molar-refractivity contribution in [1.82, 2.24) is 30.4 Å². The van der Waals surface area contributed by atoms with Gasteiger partial charge in [-0.1, -0.05) is 12.1 Å². The minimum Gasteiger partial charge on any atom is -0.497 e. The summed E-state index contributed by atoms with van der Waals surface area (Å²) in [6.45, 7) is 1.62. The molecule has 2 unspecified atom stereocenters. The summed E-state index contributed by atoms with van der Waals surface area (Å²) in [7, 11) is 1.55. The molecule has 1 aromatic heterocycles. The van der Waals surface area contributed by atoms with Gasteiger partial charge in [-0.05, 0) is 66.9 Å². The van der Waals surface area contributed by atoms with Gasteiger partial charge in [0.25, 0.3) is 0 Å². The second-order valence-corrected chi connectivity index (χ2v) is 9.03. The highest BCUT2D eigenvalue weighted by atomic mass is 19.1. The number of rotatable bonds is 12. The zero-order valence-corrected chi connectivity index (χ0v) is 22.3. The number of benzene rings is 2. The number of hydrogen-bond donors (Lipinski definition) is 1. The average Bonchev–Trinajstić information content (AvgIpc) is 3.65. The molecule has 2 aromatic carbocycles. The van der Waals surface area contributed by atoms with Crippen LogP contribution >= 0.6 is 0 Å². The molecule has 1 aliphatic rings. The lowest BCUT2D eigenvalue weighted by Crippen LogP contribution is -2.48. The first-order chi connectivity index (χ1) is 19.4. The first-order valence-electron chi connectivity index (χ1n) is 12.9. The van der Waals surface area contributed by atoms with E-state index < -0.39 is 42.7 Å². The Balaban J connectivity index is 1.59. The zero-order chi connectivity index (χ0) is 28.5. The molecule has 3 aromatic rings. The summed E-state index contributed by atoms with van der Waals surface area (Å²) in [5, 5.41) is 15.1. The fourth-order valence-corrected chi connectivity index (χ4v) is 4.28. The second kappa shape index (κ2) is 13.6. The zero-order valence-electron chi connectivity index (χ0n) is 22.3. The van der Waals surface area contributed by atoms with Crippen molar-refractivity contribution in [2.24, 2.45) is 0 Å². The average molecular weight is 555 g/mol. The van der Waals surface area contributed by atoms with Crippen LogP contribution < -0.4 is 10.1 Å². The summed E-state index contributed by atoms with van der Waals surface area (Å²) in [6, 6.07) is 10.9. The molecule has 2 amide bonds. The van der Waals surface area contributed by atoms with Gasteiger partial charge in [-0.3, -0.25) is 14.4 Å². The minimum atomic E-state index is -1.26. The Morgan fingerprint density at radius 2 is 1.93 bits per heavy atom. The Morgan fingerprint density at radius 1 is 1.18 bits per heavy atom. The number of esters is 1. The molecule has 1 N–H and O–H groups in total. The van der Waals surface area contributed by atoms with E-state index in [0.29, 0.717) is 23.5 Å². The van der Waals surface area contributed by atoms with Crippen LogP contribution in [0.25, 0.3) is 11.4 Å². The topological polar surface area (TPSA) is 138 Å². The monoisotopic (exact) mass is 554 g/mol. The van der Waals surface area contributed by atoms with Crippen molar-refractivity contribution < 1.29 is 33.0 Å². The molecule has 2 atom stereocenters. The molecule has 0 spiro atoms. The van der Waals surface area contributed by atoms with Gasteiger partial charge in [0, 0.05) is 18.7 Å². The molecular formula is C27H31FN6O6. The van der Waals surface area contributed by atoms with Gasteiger partial charge < -0.3 is 24.4 Å². The Hall–Kier alpha value is -4.39. The van der Waals surface area contributed by atoms with Gasteiger partial charge in [0.05, 0.1) is 19.8 Å². The van der Waals surface area contributed by atoms with Gasteiger partial charge in [0.2, 0.25) is 17.6 Å². The lowest BCUT2D eigenvalue weighted by atomic mass is 10.0. The minimum absolute atomic E-state index is 0.0865. The Morgan fingerprint density at radius 3 is 2.58 bits per heavy atom. The van der Waals surface area contributed by atoms with Gasteiger partial charge in [-0.25, -0.2) is 4.39 Å². The molecule has 0 radical (unpaired) electrons. The van der Waals surface area contributed by atoms with Crippen molar-refractivity contribution in [2.75, 3.05) is 33.4 Å². The molecule has 1 fully saturated rings. The first kappa shape index (κ1) is 28.6. The maximum absolute atomic E-state index is 13.7. The third-order valence-corrected chi connectivity index (χ3v) is 6.28. The van der Waals surface area contributed by atoms with E-state index in [1.165, 1.54) is 24.3 Å². The SMILES string of the molecule is CCOC(=O)CN(C(=O)Cn1nnc(-c2ccc(OC)cc2)n1)C(C(=O)NCC1CCCO1)c1ccc(F)cc1. The summed E-state index contributed by atoms with van der Waals surface area (Å²) < 4.78 is 29.6. The molecule has 2 heterocycles. The number of nitrogens with zero attached hydrogens (tertiary/aromatic N) is 5. The van der Waals surface area contributed by atoms with Crippen LogP contribution in [0, 0.1) is 5.82 Å². The van der Waals surface area contributed by atoms with Crippen molar-refractivity contribution in [1.29, 1.82) is 0 Å². The highest BCUT2D eigenvalue weighted by Gasteiger charge is 2.34. The molecule has 0 aliphatic carbocycles. The molecular weight excluding hydrogens is 523 g/mol. The summed E-state index contributed by atoms with van der Waals surface area (Å²) in [4.78, 5) is 41.8. The van der Waals surface area contributed by atoms with Gasteiger partial charge >= 0.3 is 5.97 Å². The number of hydrogen-bond acceptors (Lipinski definition) is 9. The van der Waals surface area contributed by atoms with Crippen molar-refractivity contribution in [3.05, 3.63) is 59.9 Å². The Bertz CT molecular complexity index is 1290. The van der Waals surface area contributed by atoms with Crippen molar-refractivity contribution in [3.8, 4) is 17.1 Å². The highest BCUT2D eigenvalue weighted by molar-refractivity contribution is 5.90. The standard InChI is InChI=1S/C27H31FN6O6/c1-3-39-24(36)17-33(23(35)16-34-31-26(30-32-34)19-8-12-21(38-2)13-9-19)25(18-6-10-20(28)11-7-18)27(37)29-15-22-5-4-14-40-22/h6-13,22,25H,3-5,14-17H2,1-2H3,(H,29,37). The number of methoxy groups -OCH3 is 1. The van der Waals surface area contributed by atoms with Gasteiger partial charge in [0.15, 0.2) is 0 Å². The van der Waals surface area contributed by atoms with Crippen molar-refractivity contribution >= 4 is 17.8 Å². The van der Waals surface area contributed by atoms with Crippen LogP contribution in [0.4, 0.5) is 4.39 Å². The fraction of sp³-hybridized carbons (Fsp3) is 0.407. The number of carbonyl (C=O) groups is 3. The number of nitrogens with one attached hydrogen (secondary N) is 1. The molecule has 12 nitrogen and oxygen atoms in total. The van der Waals surface area contributed by atoms with Crippen LogP contribution in [-0.2, 0) is 30.4 Å². The molecule has 13 heteroatoms. The van der Waals surface area contributed by atoms with Crippen LogP contribution in [0.1, 0.15) is 31.4 Å². The van der Waals surface area contributed by atoms with E-state index in [4.69, 9.17) is 14.2 Å². The normalized spacial score (nSPS) is 15.3. The fourth-order valence-electron chi connectivity index (χ4n) is 4.28. The van der Waals surface area contributed by atoms with Crippen LogP contribution in [-0.4, -0.2) is 82.4 Å². The van der Waals surface area contributed by atoms with E-state index in [-0.39, 0.29) is 25.1 Å². The van der Waals surface area contributed by atoms with E-state index in [0.717, 1.165) is 22.5 Å². The third-order valence-electron chi connectivity index (χ3n) is 6.28. The smallest absolute Gasteiger partial charge is 0.325 e. The van der Waals surface area contributed by atoms with Gasteiger partial charge in [-0.2, -0.15) is 4.80 Å². The van der Waals surface area contributed by atoms with E-state index in [1.807, 2.05) is 0 Å². The maximum atomic E-state index is 13.7. The molecule has 0 bridgehead atoms. The molecule has 1 saturated heterocycles. The van der Waals surface area contributed by atoms with E-state index in [1.54, 1.807) is 38.3 Å². The van der Waals surface area contributed by atoms with Crippen molar-refractivity contribution in [3.63, 3.8) is 0 Å². The summed E-state index contributed by atoms with van der Waals surface area (Å²) in [6.07, 6.45) is 1.53. The molecule has 1 aliphatic heterocycles. The van der Waals surface area contributed by atoms with Crippen LogP contribution in [0.15, 0.2) is 48.5 Å². The Kier molecular flexibility index (Phi) is 9.73. The number of amides is 2. The quantitative estimate of drug-likeness (QED) is 0.333. The number of tetrazole rings is 1. The van der Waals surface area contributed by atoms with E-state index in [9.17, 15) is 18.8 Å². The largest absolute Gasteiger partial charge is 0.497 e. The number of ether oxygens (including phenoxy) is 3. The molecule has 40 heavy (non-hydrogen) atoms. The summed E-state index contributed by atoms with van der Waals surface area (Å²) in [5.74, 6) is -1.48. The van der Waals surface area contributed by atoms with Crippen molar-refractivity contribution in [2.45, 2.75) is 38.5 Å². The first-order valence-corrected chi connectivity index (χ1v) is 12.9. The molecule has 4 rings (SSSR count). The Labute approximate surface area is 230 Å². The predicted molar refractivity (Wildman–Crippen MR) is 139 cm³/mol. The maximum Gasteiger partial charge on any atom is 0.325 e. The predicted octanol–water partition coefficient (Wildman–Crippen LogP) is 1.92. The number of halogens is 1. The summed E-state index contributed by atoms with van der Waals surface area (Å²) >= 11 is 0. The van der Waals surface area contributed by atoms with Crippen LogP contribution in [0.3, 0.4) is 0 Å². The second-order valence-electron chi connectivity index (χ2n) is 9.03. The van der Waals surface area contributed by atoms with Gasteiger partial charge in [0.1, 0.15) is 30.7 Å². The number of aromatic nitrogens is 4. The molecule has 212 valence electrons. The number of carbonyl (C=O) groups excluding carboxylic acids is 3. The lowest BCUT2D eigenvalue weighted by molar-refractivity contribution is -0.153. The molecule has 0 saturated carbocycles. The van der Waals surface area contributed by atoms with Crippen LogP contribution in [0.5, 0.6) is 5.75 Å². The third kappa shape index (κ3) is 7.38. The highest BCUT2D eigenvalue weighted by Crippen LogP contribution is 2.24. The van der Waals surface area contributed by atoms with E-state index >= 15 is 0 Å². The van der Waals surface area contributed by atoms with E-state index in [2.05, 4.69) is 20.7 Å².